The van der Waals surface area contributed by atoms with Crippen molar-refractivity contribution in [3.05, 3.63) is 28.7 Å². The molecule has 5 heteroatoms. The first-order valence-electron chi connectivity index (χ1n) is 6.50. The topological polar surface area (TPSA) is 50.7 Å². The van der Waals surface area contributed by atoms with Crippen molar-refractivity contribution in [1.82, 2.24) is 5.32 Å². The molecule has 1 unspecified atom stereocenters. The second-order valence-corrected chi connectivity index (χ2v) is 5.77. The highest BCUT2D eigenvalue weighted by Gasteiger charge is 2.28. The molecule has 0 aliphatic heterocycles. The standard InChI is InChI=1S/C14H20BrNO3/c1-18-14-6-11(7-14)16-8-12(17)9-19-13-4-2-10(15)3-5-13/h2-5,11-12,14,16-17H,6-9H2,1H3. The van der Waals surface area contributed by atoms with Crippen LogP contribution >= 0.6 is 15.9 Å². The molecular weight excluding hydrogens is 310 g/mol. The number of hydrogen-bond donors (Lipinski definition) is 2. The van der Waals surface area contributed by atoms with Gasteiger partial charge in [-0.3, -0.25) is 0 Å². The minimum atomic E-state index is -0.495. The third kappa shape index (κ3) is 4.76. The number of hydrogen-bond acceptors (Lipinski definition) is 4. The average Bonchev–Trinajstić information content (AvgIpc) is 2.36. The molecule has 0 spiro atoms. The monoisotopic (exact) mass is 329 g/mol. The summed E-state index contributed by atoms with van der Waals surface area (Å²) >= 11 is 3.37. The molecule has 1 saturated carbocycles. The van der Waals surface area contributed by atoms with Gasteiger partial charge in [-0.2, -0.15) is 0 Å². The molecule has 0 heterocycles. The van der Waals surface area contributed by atoms with E-state index in [-0.39, 0.29) is 0 Å². The van der Waals surface area contributed by atoms with Gasteiger partial charge in [-0.25, -0.2) is 0 Å². The Morgan fingerprint density at radius 1 is 1.37 bits per heavy atom. The van der Waals surface area contributed by atoms with Crippen LogP contribution in [0.15, 0.2) is 28.7 Å². The fourth-order valence-corrected chi connectivity index (χ4v) is 2.27. The van der Waals surface area contributed by atoms with E-state index in [9.17, 15) is 5.11 Å². The lowest BCUT2D eigenvalue weighted by atomic mass is 9.89. The first-order valence-corrected chi connectivity index (χ1v) is 7.29. The highest BCUT2D eigenvalue weighted by molar-refractivity contribution is 9.10. The van der Waals surface area contributed by atoms with Crippen LogP contribution in [-0.2, 0) is 4.74 Å². The first kappa shape index (κ1) is 14.8. The lowest BCUT2D eigenvalue weighted by Crippen LogP contribution is -2.48. The molecule has 19 heavy (non-hydrogen) atoms. The van der Waals surface area contributed by atoms with E-state index in [2.05, 4.69) is 21.2 Å². The summed E-state index contributed by atoms with van der Waals surface area (Å²) in [4.78, 5) is 0. The Balaban J connectivity index is 1.59. The number of ether oxygens (including phenoxy) is 2. The van der Waals surface area contributed by atoms with Gasteiger partial charge < -0.3 is 19.9 Å². The third-order valence-corrected chi connectivity index (χ3v) is 3.85. The fourth-order valence-electron chi connectivity index (χ4n) is 2.01. The van der Waals surface area contributed by atoms with Crippen LogP contribution in [0, 0.1) is 0 Å². The van der Waals surface area contributed by atoms with Crippen LogP contribution in [0.25, 0.3) is 0 Å². The lowest BCUT2D eigenvalue weighted by Gasteiger charge is -2.35. The molecule has 1 atom stereocenters. The van der Waals surface area contributed by atoms with Gasteiger partial charge in [0, 0.05) is 24.2 Å². The van der Waals surface area contributed by atoms with Gasteiger partial charge in [0.2, 0.25) is 0 Å². The van der Waals surface area contributed by atoms with E-state index >= 15 is 0 Å². The predicted octanol–water partition coefficient (Wildman–Crippen LogP) is 1.96. The van der Waals surface area contributed by atoms with Crippen LogP contribution in [-0.4, -0.2) is 43.6 Å². The molecule has 0 saturated heterocycles. The Bertz CT molecular complexity index is 379. The van der Waals surface area contributed by atoms with Crippen molar-refractivity contribution in [3.63, 3.8) is 0 Å². The molecule has 2 rings (SSSR count). The quantitative estimate of drug-likeness (QED) is 0.802. The van der Waals surface area contributed by atoms with Crippen molar-refractivity contribution < 1.29 is 14.6 Å². The number of aliphatic hydroxyl groups is 1. The lowest BCUT2D eigenvalue weighted by molar-refractivity contribution is 0.0117. The van der Waals surface area contributed by atoms with E-state index in [1.54, 1.807) is 7.11 Å². The van der Waals surface area contributed by atoms with Crippen molar-refractivity contribution in [3.8, 4) is 5.75 Å². The second-order valence-electron chi connectivity index (χ2n) is 4.85. The normalized spacial score (nSPS) is 23.7. The molecule has 2 N–H and O–H groups in total. The highest BCUT2D eigenvalue weighted by atomic mass is 79.9. The van der Waals surface area contributed by atoms with E-state index in [1.807, 2.05) is 24.3 Å². The largest absolute Gasteiger partial charge is 0.491 e. The Labute approximate surface area is 122 Å². The maximum absolute atomic E-state index is 9.83. The van der Waals surface area contributed by atoms with Crippen LogP contribution < -0.4 is 10.1 Å². The van der Waals surface area contributed by atoms with Gasteiger partial charge in [0.15, 0.2) is 0 Å². The molecule has 1 aliphatic rings. The van der Waals surface area contributed by atoms with Crippen molar-refractivity contribution in [2.75, 3.05) is 20.3 Å². The number of methoxy groups -OCH3 is 1. The molecule has 106 valence electrons. The van der Waals surface area contributed by atoms with E-state index in [0.717, 1.165) is 23.1 Å². The zero-order valence-electron chi connectivity index (χ0n) is 11.0. The van der Waals surface area contributed by atoms with Crippen LogP contribution in [0.3, 0.4) is 0 Å². The summed E-state index contributed by atoms with van der Waals surface area (Å²) in [6.45, 7) is 0.854. The first-order chi connectivity index (χ1) is 9.17. The zero-order valence-corrected chi connectivity index (χ0v) is 12.6. The number of halogens is 1. The van der Waals surface area contributed by atoms with E-state index in [0.29, 0.717) is 25.3 Å². The van der Waals surface area contributed by atoms with Crippen molar-refractivity contribution in [2.24, 2.45) is 0 Å². The minimum Gasteiger partial charge on any atom is -0.491 e. The number of rotatable bonds is 7. The number of benzene rings is 1. The molecule has 0 radical (unpaired) electrons. The van der Waals surface area contributed by atoms with Gasteiger partial charge in [0.05, 0.1) is 6.10 Å². The summed E-state index contributed by atoms with van der Waals surface area (Å²) < 4.78 is 11.7. The Hall–Kier alpha value is -0.620. The molecule has 1 aromatic rings. The van der Waals surface area contributed by atoms with Gasteiger partial charge in [-0.15, -0.1) is 0 Å². The summed E-state index contributed by atoms with van der Waals surface area (Å²) in [5.74, 6) is 0.769. The average molecular weight is 330 g/mol. The molecule has 4 nitrogen and oxygen atoms in total. The molecule has 1 fully saturated rings. The molecule has 0 amide bonds. The molecular formula is C14H20BrNO3. The molecule has 1 aromatic carbocycles. The summed E-state index contributed by atoms with van der Waals surface area (Å²) in [5, 5.41) is 13.1. The third-order valence-electron chi connectivity index (χ3n) is 3.33. The van der Waals surface area contributed by atoms with Crippen molar-refractivity contribution in [2.45, 2.75) is 31.1 Å². The second kappa shape index (κ2) is 7.24. The van der Waals surface area contributed by atoms with Gasteiger partial charge in [-0.1, -0.05) is 15.9 Å². The van der Waals surface area contributed by atoms with E-state index < -0.39 is 6.10 Å². The van der Waals surface area contributed by atoms with Gasteiger partial charge in [0.25, 0.3) is 0 Å². The van der Waals surface area contributed by atoms with E-state index in [4.69, 9.17) is 9.47 Å². The van der Waals surface area contributed by atoms with Gasteiger partial charge in [0.1, 0.15) is 18.5 Å². The van der Waals surface area contributed by atoms with Crippen LogP contribution in [0.5, 0.6) is 5.75 Å². The summed E-state index contributed by atoms with van der Waals surface area (Å²) in [6, 6.07) is 8.05. The van der Waals surface area contributed by atoms with Gasteiger partial charge >= 0.3 is 0 Å². The molecule has 1 aliphatic carbocycles. The van der Waals surface area contributed by atoms with Crippen LogP contribution in [0.2, 0.25) is 0 Å². The summed E-state index contributed by atoms with van der Waals surface area (Å²) in [5.41, 5.74) is 0. The predicted molar refractivity (Wildman–Crippen MR) is 77.5 cm³/mol. The highest BCUT2D eigenvalue weighted by Crippen LogP contribution is 2.22. The minimum absolute atomic E-state index is 0.301. The number of aliphatic hydroxyl groups excluding tert-OH is 1. The maximum Gasteiger partial charge on any atom is 0.119 e. The Morgan fingerprint density at radius 3 is 2.68 bits per heavy atom. The zero-order chi connectivity index (χ0) is 13.7. The van der Waals surface area contributed by atoms with E-state index in [1.165, 1.54) is 0 Å². The maximum atomic E-state index is 9.83. The fraction of sp³-hybridized carbons (Fsp3) is 0.571. The van der Waals surface area contributed by atoms with Crippen molar-refractivity contribution in [1.29, 1.82) is 0 Å². The molecule has 0 aromatic heterocycles. The van der Waals surface area contributed by atoms with Crippen LogP contribution in [0.4, 0.5) is 0 Å². The summed E-state index contributed by atoms with van der Waals surface area (Å²) in [7, 11) is 1.74. The van der Waals surface area contributed by atoms with Crippen LogP contribution in [0.1, 0.15) is 12.8 Å². The molecule has 0 bridgehead atoms. The number of nitrogens with one attached hydrogen (secondary N) is 1. The van der Waals surface area contributed by atoms with Crippen molar-refractivity contribution >= 4 is 15.9 Å². The summed E-state index contributed by atoms with van der Waals surface area (Å²) in [6.07, 6.45) is 1.94. The Morgan fingerprint density at radius 2 is 2.05 bits per heavy atom. The smallest absolute Gasteiger partial charge is 0.119 e. The Kier molecular flexibility index (Phi) is 5.63. The SMILES string of the molecule is COC1CC(NCC(O)COc2ccc(Br)cc2)C1. The van der Waals surface area contributed by atoms with Gasteiger partial charge in [-0.05, 0) is 37.1 Å².